The lowest BCUT2D eigenvalue weighted by Gasteiger charge is -1.91. The van der Waals surface area contributed by atoms with E-state index in [4.69, 9.17) is 0 Å². The highest BCUT2D eigenvalue weighted by Gasteiger charge is 1.86. The molecule has 83 valence electrons. The highest BCUT2D eigenvalue weighted by Crippen LogP contribution is 2.09. The van der Waals surface area contributed by atoms with Gasteiger partial charge in [-0.2, -0.15) is 0 Å². The highest BCUT2D eigenvalue weighted by atomic mass is 14.6. The van der Waals surface area contributed by atoms with Crippen molar-refractivity contribution >= 4 is 10.8 Å². The van der Waals surface area contributed by atoms with Crippen LogP contribution in [0.5, 0.6) is 0 Å². The number of rotatable bonds is 0. The van der Waals surface area contributed by atoms with Gasteiger partial charge < -0.3 is 0 Å². The molecule has 0 saturated carbocycles. The van der Waals surface area contributed by atoms with Crippen molar-refractivity contribution < 1.29 is 0 Å². The highest BCUT2D eigenvalue weighted by molar-refractivity contribution is 5.80. The van der Waals surface area contributed by atoms with Crippen LogP contribution in [0.1, 0.15) is 5.56 Å². The summed E-state index contributed by atoms with van der Waals surface area (Å²) in [5.74, 6) is 0. The van der Waals surface area contributed by atoms with E-state index in [1.807, 2.05) is 60.9 Å². The molecule has 1 heteroatoms. The van der Waals surface area contributed by atoms with Gasteiger partial charge in [0.05, 0.1) is 0 Å². The number of benzene rings is 2. The molecular formula is C16H14N. The van der Waals surface area contributed by atoms with Gasteiger partial charge in [-0.3, -0.25) is 4.98 Å². The molecule has 0 aliphatic rings. The molecule has 3 aromatic rings. The molecule has 3 rings (SSSR count). The molecule has 2 aromatic carbocycles. The van der Waals surface area contributed by atoms with Crippen molar-refractivity contribution in [3.8, 4) is 0 Å². The topological polar surface area (TPSA) is 12.9 Å². The first-order valence-electron chi connectivity index (χ1n) is 5.52. The summed E-state index contributed by atoms with van der Waals surface area (Å²) in [7, 11) is 0. The van der Waals surface area contributed by atoms with E-state index in [0.717, 1.165) is 5.56 Å². The zero-order valence-corrected chi connectivity index (χ0v) is 9.58. The number of pyridine rings is 1. The quantitative estimate of drug-likeness (QED) is 0.555. The molecule has 0 aliphatic carbocycles. The average Bonchev–Trinajstić information content (AvgIpc) is 2.41. The summed E-state index contributed by atoms with van der Waals surface area (Å²) >= 11 is 0. The molecule has 1 radical (unpaired) electrons. The second-order valence-electron chi connectivity index (χ2n) is 3.71. The molecule has 0 N–H and O–H groups in total. The molecule has 0 aliphatic heterocycles. The Morgan fingerprint density at radius 2 is 1.35 bits per heavy atom. The fourth-order valence-electron chi connectivity index (χ4n) is 1.50. The molecular weight excluding hydrogens is 206 g/mol. The average molecular weight is 220 g/mol. The van der Waals surface area contributed by atoms with Gasteiger partial charge in [-0.25, -0.2) is 0 Å². The lowest BCUT2D eigenvalue weighted by atomic mass is 10.2. The van der Waals surface area contributed by atoms with Crippen molar-refractivity contribution in [2.24, 2.45) is 0 Å². The minimum atomic E-state index is 1.07. The maximum atomic E-state index is 4.01. The fourth-order valence-corrected chi connectivity index (χ4v) is 1.50. The van der Waals surface area contributed by atoms with Crippen molar-refractivity contribution in [1.29, 1.82) is 0 Å². The number of hydrogen-bond donors (Lipinski definition) is 0. The first kappa shape index (κ1) is 11.3. The van der Waals surface area contributed by atoms with E-state index in [9.17, 15) is 0 Å². The summed E-state index contributed by atoms with van der Waals surface area (Å²) in [6.07, 6.45) is 3.68. The standard InChI is InChI=1S/C9H7N.C7H7/c1-2-4-9-7-10-6-5-8(9)3-1;1-7-5-3-2-4-6-7/h1-7H;2-6H,1H2. The second-order valence-corrected chi connectivity index (χ2v) is 3.71. The molecule has 1 aromatic heterocycles. The summed E-state index contributed by atoms with van der Waals surface area (Å²) in [5, 5.41) is 2.45. The Balaban J connectivity index is 0.000000136. The van der Waals surface area contributed by atoms with Crippen molar-refractivity contribution in [2.75, 3.05) is 0 Å². The molecule has 0 unspecified atom stereocenters. The molecule has 0 bridgehead atoms. The van der Waals surface area contributed by atoms with Crippen LogP contribution >= 0.6 is 0 Å². The van der Waals surface area contributed by atoms with E-state index >= 15 is 0 Å². The van der Waals surface area contributed by atoms with E-state index in [1.54, 1.807) is 0 Å². The van der Waals surface area contributed by atoms with Gasteiger partial charge in [0.1, 0.15) is 0 Å². The van der Waals surface area contributed by atoms with Crippen molar-refractivity contribution in [2.45, 2.75) is 0 Å². The van der Waals surface area contributed by atoms with Crippen molar-refractivity contribution in [3.05, 3.63) is 85.5 Å². The van der Waals surface area contributed by atoms with Gasteiger partial charge in [0, 0.05) is 12.4 Å². The van der Waals surface area contributed by atoms with Gasteiger partial charge in [0.15, 0.2) is 0 Å². The second kappa shape index (κ2) is 5.80. The molecule has 0 amide bonds. The summed E-state index contributed by atoms with van der Waals surface area (Å²) in [4.78, 5) is 4.01. The molecule has 17 heavy (non-hydrogen) atoms. The molecule has 0 atom stereocenters. The van der Waals surface area contributed by atoms with Crippen LogP contribution in [0.15, 0.2) is 73.1 Å². The first-order valence-corrected chi connectivity index (χ1v) is 5.52. The van der Waals surface area contributed by atoms with Crippen LogP contribution in [0.4, 0.5) is 0 Å². The SMILES string of the molecule is [CH2]c1ccccc1.c1ccc2cnccc2c1. The third-order valence-corrected chi connectivity index (χ3v) is 2.39. The minimum Gasteiger partial charge on any atom is -0.264 e. The van der Waals surface area contributed by atoms with E-state index < -0.39 is 0 Å². The normalized spacial score (nSPS) is 9.47. The molecule has 0 saturated heterocycles. The Kier molecular flexibility index (Phi) is 3.87. The lowest BCUT2D eigenvalue weighted by Crippen LogP contribution is -1.71. The van der Waals surface area contributed by atoms with Crippen LogP contribution in [0.3, 0.4) is 0 Å². The zero-order chi connectivity index (χ0) is 11.9. The van der Waals surface area contributed by atoms with Crippen molar-refractivity contribution in [1.82, 2.24) is 4.98 Å². The van der Waals surface area contributed by atoms with Gasteiger partial charge in [-0.05, 0) is 29.3 Å². The van der Waals surface area contributed by atoms with Crippen LogP contribution in [-0.4, -0.2) is 4.98 Å². The maximum Gasteiger partial charge on any atom is 0.0346 e. The predicted molar refractivity (Wildman–Crippen MR) is 72.6 cm³/mol. The lowest BCUT2D eigenvalue weighted by molar-refractivity contribution is 1.36. The summed E-state index contributed by atoms with van der Waals surface area (Å²) < 4.78 is 0. The first-order chi connectivity index (χ1) is 8.36. The smallest absolute Gasteiger partial charge is 0.0346 e. The van der Waals surface area contributed by atoms with Crippen LogP contribution in [0, 0.1) is 6.92 Å². The maximum absolute atomic E-state index is 4.01. The molecule has 0 fully saturated rings. The monoisotopic (exact) mass is 220 g/mol. The Hall–Kier alpha value is -2.15. The van der Waals surface area contributed by atoms with E-state index in [2.05, 4.69) is 24.0 Å². The number of fused-ring (bicyclic) bond motifs is 1. The molecule has 1 nitrogen and oxygen atoms in total. The Bertz CT molecular complexity index is 508. The molecule has 1 heterocycles. The van der Waals surface area contributed by atoms with E-state index in [-0.39, 0.29) is 0 Å². The van der Waals surface area contributed by atoms with Gasteiger partial charge >= 0.3 is 0 Å². The van der Waals surface area contributed by atoms with Crippen LogP contribution in [0.25, 0.3) is 10.8 Å². The van der Waals surface area contributed by atoms with Gasteiger partial charge in [-0.15, -0.1) is 0 Å². The summed E-state index contributed by atoms with van der Waals surface area (Å²) in [6, 6.07) is 20.1. The van der Waals surface area contributed by atoms with E-state index in [0.29, 0.717) is 0 Å². The zero-order valence-electron chi connectivity index (χ0n) is 9.58. The minimum absolute atomic E-state index is 1.07. The van der Waals surface area contributed by atoms with Crippen LogP contribution in [0.2, 0.25) is 0 Å². The number of nitrogens with zero attached hydrogens (tertiary/aromatic N) is 1. The van der Waals surface area contributed by atoms with Gasteiger partial charge in [0.25, 0.3) is 0 Å². The van der Waals surface area contributed by atoms with Gasteiger partial charge in [-0.1, -0.05) is 54.6 Å². The predicted octanol–water partition coefficient (Wildman–Crippen LogP) is 4.10. The third kappa shape index (κ3) is 3.42. The Morgan fingerprint density at radius 1 is 0.706 bits per heavy atom. The molecule has 0 spiro atoms. The fraction of sp³-hybridized carbons (Fsp3) is 0. The number of hydrogen-bond acceptors (Lipinski definition) is 1. The summed E-state index contributed by atoms with van der Waals surface area (Å²) in [5.41, 5.74) is 1.07. The van der Waals surface area contributed by atoms with E-state index in [1.165, 1.54) is 10.8 Å². The van der Waals surface area contributed by atoms with Crippen LogP contribution < -0.4 is 0 Å². The number of aromatic nitrogens is 1. The Labute approximate surface area is 102 Å². The van der Waals surface area contributed by atoms with Gasteiger partial charge in [0.2, 0.25) is 0 Å². The van der Waals surface area contributed by atoms with Crippen LogP contribution in [-0.2, 0) is 0 Å². The van der Waals surface area contributed by atoms with Crippen molar-refractivity contribution in [3.63, 3.8) is 0 Å². The third-order valence-electron chi connectivity index (χ3n) is 2.39. The summed E-state index contributed by atoms with van der Waals surface area (Å²) in [6.45, 7) is 3.72. The Morgan fingerprint density at radius 3 is 1.94 bits per heavy atom. The largest absolute Gasteiger partial charge is 0.264 e.